The predicted octanol–water partition coefficient (Wildman–Crippen LogP) is 2.02. The summed E-state index contributed by atoms with van der Waals surface area (Å²) in [5.41, 5.74) is 1.09. The van der Waals surface area contributed by atoms with Crippen LogP contribution in [0.1, 0.15) is 10.4 Å². The number of esters is 1. The average molecular weight is 390 g/mol. The lowest BCUT2D eigenvalue weighted by Gasteiger charge is -2.14. The zero-order valence-corrected chi connectivity index (χ0v) is 15.1. The molecule has 3 aromatic heterocycles. The van der Waals surface area contributed by atoms with E-state index in [2.05, 4.69) is 25.3 Å². The number of nitrogens with zero attached hydrogens (tertiary/aromatic N) is 5. The molecular weight excluding hydrogens is 376 g/mol. The molecule has 0 unspecified atom stereocenters. The van der Waals surface area contributed by atoms with Gasteiger partial charge < -0.3 is 15.3 Å². The SMILES string of the molecule is COC(=O)c1c(Nc2ccc(-c3cncnc3)cc2)c2nccnc2n(O)c1=O. The Labute approximate surface area is 163 Å². The van der Waals surface area contributed by atoms with Gasteiger partial charge in [0.2, 0.25) is 5.65 Å². The Hall–Kier alpha value is -4.34. The van der Waals surface area contributed by atoms with E-state index in [9.17, 15) is 14.8 Å². The molecule has 0 aliphatic rings. The molecule has 10 nitrogen and oxygen atoms in total. The average Bonchev–Trinajstić information content (AvgIpc) is 2.78. The van der Waals surface area contributed by atoms with Crippen LogP contribution in [0.25, 0.3) is 22.3 Å². The highest BCUT2D eigenvalue weighted by atomic mass is 16.5. The quantitative estimate of drug-likeness (QED) is 0.396. The maximum atomic E-state index is 12.5. The van der Waals surface area contributed by atoms with Gasteiger partial charge in [0.15, 0.2) is 5.56 Å². The van der Waals surface area contributed by atoms with Crippen LogP contribution in [0, 0.1) is 0 Å². The van der Waals surface area contributed by atoms with Gasteiger partial charge in [-0.05, 0) is 17.7 Å². The Kier molecular flexibility index (Phi) is 4.57. The largest absolute Gasteiger partial charge is 0.465 e. The lowest BCUT2D eigenvalue weighted by molar-refractivity contribution is 0.0594. The molecule has 10 heteroatoms. The van der Waals surface area contributed by atoms with Gasteiger partial charge in [-0.2, -0.15) is 0 Å². The molecule has 29 heavy (non-hydrogen) atoms. The normalized spacial score (nSPS) is 10.7. The number of pyridine rings is 1. The maximum Gasteiger partial charge on any atom is 0.345 e. The number of methoxy groups -OCH3 is 1. The van der Waals surface area contributed by atoms with Gasteiger partial charge in [-0.1, -0.05) is 12.1 Å². The third kappa shape index (κ3) is 3.23. The summed E-state index contributed by atoms with van der Waals surface area (Å²) < 4.78 is 4.99. The third-order valence-corrected chi connectivity index (χ3v) is 4.21. The summed E-state index contributed by atoms with van der Waals surface area (Å²) in [5.74, 6) is -0.911. The van der Waals surface area contributed by atoms with E-state index in [1.54, 1.807) is 24.5 Å². The smallest absolute Gasteiger partial charge is 0.345 e. The van der Waals surface area contributed by atoms with Gasteiger partial charge >= 0.3 is 11.5 Å². The van der Waals surface area contributed by atoms with Crippen molar-refractivity contribution in [3.05, 3.63) is 71.3 Å². The number of anilines is 2. The zero-order valence-electron chi connectivity index (χ0n) is 15.1. The Bertz CT molecular complexity index is 1260. The van der Waals surface area contributed by atoms with Crippen LogP contribution in [0.4, 0.5) is 11.4 Å². The monoisotopic (exact) mass is 390 g/mol. The number of ether oxygens (including phenoxy) is 1. The second kappa shape index (κ2) is 7.35. The fourth-order valence-electron chi connectivity index (χ4n) is 2.84. The molecule has 1 aromatic carbocycles. The maximum absolute atomic E-state index is 12.5. The van der Waals surface area contributed by atoms with Crippen molar-refractivity contribution in [2.45, 2.75) is 0 Å². The number of aromatic nitrogens is 5. The van der Waals surface area contributed by atoms with Crippen LogP contribution < -0.4 is 10.9 Å². The molecule has 3 heterocycles. The van der Waals surface area contributed by atoms with Crippen molar-refractivity contribution in [2.75, 3.05) is 12.4 Å². The van der Waals surface area contributed by atoms with Gasteiger partial charge in [0.05, 0.1) is 12.8 Å². The molecule has 2 N–H and O–H groups in total. The second-order valence-corrected chi connectivity index (χ2v) is 5.92. The number of carbonyl (C=O) groups excluding carboxylic acids is 1. The second-order valence-electron chi connectivity index (χ2n) is 5.92. The van der Waals surface area contributed by atoms with Crippen LogP contribution in [-0.4, -0.2) is 43.0 Å². The highest BCUT2D eigenvalue weighted by Crippen LogP contribution is 2.27. The highest BCUT2D eigenvalue weighted by Gasteiger charge is 2.24. The summed E-state index contributed by atoms with van der Waals surface area (Å²) in [6, 6.07) is 7.19. The van der Waals surface area contributed by atoms with Crippen molar-refractivity contribution in [3.63, 3.8) is 0 Å². The highest BCUT2D eigenvalue weighted by molar-refractivity contribution is 6.03. The minimum Gasteiger partial charge on any atom is -0.465 e. The molecule has 0 aliphatic carbocycles. The van der Waals surface area contributed by atoms with E-state index in [1.165, 1.54) is 18.7 Å². The Morgan fingerprint density at radius 1 is 1.07 bits per heavy atom. The van der Waals surface area contributed by atoms with Crippen molar-refractivity contribution in [1.29, 1.82) is 0 Å². The molecule has 0 aliphatic heterocycles. The summed E-state index contributed by atoms with van der Waals surface area (Å²) in [6.07, 6.45) is 7.54. The molecule has 0 bridgehead atoms. The first kappa shape index (κ1) is 18.0. The van der Waals surface area contributed by atoms with Crippen LogP contribution in [0.2, 0.25) is 0 Å². The Morgan fingerprint density at radius 2 is 1.76 bits per heavy atom. The Balaban J connectivity index is 1.82. The summed E-state index contributed by atoms with van der Waals surface area (Å²) in [6.45, 7) is 0. The van der Waals surface area contributed by atoms with Crippen molar-refractivity contribution in [2.24, 2.45) is 0 Å². The number of carbonyl (C=O) groups is 1. The van der Waals surface area contributed by atoms with E-state index in [0.29, 0.717) is 5.69 Å². The fraction of sp³-hybridized carbons (Fsp3) is 0.0526. The number of rotatable bonds is 4. The summed E-state index contributed by atoms with van der Waals surface area (Å²) in [5, 5.41) is 13.1. The van der Waals surface area contributed by atoms with Crippen LogP contribution in [0.15, 0.2) is 60.2 Å². The number of benzene rings is 1. The predicted molar refractivity (Wildman–Crippen MR) is 103 cm³/mol. The molecule has 0 spiro atoms. The van der Waals surface area contributed by atoms with Crippen molar-refractivity contribution in [1.82, 2.24) is 24.7 Å². The molecule has 4 rings (SSSR count). The molecule has 4 aromatic rings. The molecule has 144 valence electrons. The van der Waals surface area contributed by atoms with Crippen LogP contribution in [-0.2, 0) is 4.74 Å². The first-order valence-electron chi connectivity index (χ1n) is 8.40. The number of hydrogen-bond donors (Lipinski definition) is 2. The van der Waals surface area contributed by atoms with Crippen molar-refractivity contribution in [3.8, 4) is 11.1 Å². The molecule has 0 fully saturated rings. The van der Waals surface area contributed by atoms with Crippen LogP contribution in [0.5, 0.6) is 0 Å². The van der Waals surface area contributed by atoms with Gasteiger partial charge in [0, 0.05) is 36.0 Å². The fourth-order valence-corrected chi connectivity index (χ4v) is 2.84. The zero-order chi connectivity index (χ0) is 20.4. The molecule has 0 atom stereocenters. The molecule has 0 radical (unpaired) electrons. The first-order chi connectivity index (χ1) is 14.1. The van der Waals surface area contributed by atoms with E-state index >= 15 is 0 Å². The van der Waals surface area contributed by atoms with Crippen LogP contribution >= 0.6 is 0 Å². The van der Waals surface area contributed by atoms with E-state index in [0.717, 1.165) is 18.2 Å². The third-order valence-electron chi connectivity index (χ3n) is 4.21. The van der Waals surface area contributed by atoms with Crippen LogP contribution in [0.3, 0.4) is 0 Å². The topological polar surface area (TPSA) is 132 Å². The van der Waals surface area contributed by atoms with Gasteiger partial charge in [-0.15, -0.1) is 4.73 Å². The van der Waals surface area contributed by atoms with Crippen molar-refractivity contribution < 1.29 is 14.7 Å². The lowest BCUT2D eigenvalue weighted by atomic mass is 10.1. The number of nitrogens with one attached hydrogen (secondary N) is 1. The summed E-state index contributed by atoms with van der Waals surface area (Å²) in [7, 11) is 1.14. The lowest BCUT2D eigenvalue weighted by Crippen LogP contribution is -2.28. The Morgan fingerprint density at radius 3 is 2.45 bits per heavy atom. The van der Waals surface area contributed by atoms with E-state index in [1.807, 2.05) is 12.1 Å². The number of fused-ring (bicyclic) bond motifs is 1. The molecular formula is C19H14N6O4. The van der Waals surface area contributed by atoms with Gasteiger partial charge in [0.1, 0.15) is 11.8 Å². The van der Waals surface area contributed by atoms with E-state index in [4.69, 9.17) is 4.74 Å². The summed E-state index contributed by atoms with van der Waals surface area (Å²) >= 11 is 0. The first-order valence-corrected chi connectivity index (χ1v) is 8.40. The molecule has 0 saturated heterocycles. The minimum absolute atomic E-state index is 0.0889. The van der Waals surface area contributed by atoms with E-state index in [-0.39, 0.29) is 27.1 Å². The van der Waals surface area contributed by atoms with Crippen molar-refractivity contribution >= 4 is 28.5 Å². The molecule has 0 saturated carbocycles. The van der Waals surface area contributed by atoms with Gasteiger partial charge in [0.25, 0.3) is 0 Å². The van der Waals surface area contributed by atoms with E-state index < -0.39 is 11.5 Å². The standard InChI is InChI=1S/C19H14N6O4/c1-29-19(27)14-15(16-17(23-7-6-22-16)25(28)18(14)26)24-13-4-2-11(3-5-13)12-8-20-10-21-9-12/h2-10,24,28H,1H3. The minimum atomic E-state index is -0.967. The number of hydrogen-bond acceptors (Lipinski definition) is 9. The summed E-state index contributed by atoms with van der Waals surface area (Å²) in [4.78, 5) is 40.9. The molecule has 0 amide bonds. The van der Waals surface area contributed by atoms with Gasteiger partial charge in [-0.3, -0.25) is 4.79 Å². The van der Waals surface area contributed by atoms with Gasteiger partial charge in [-0.25, -0.2) is 24.7 Å².